The van der Waals surface area contributed by atoms with Gasteiger partial charge in [0.15, 0.2) is 0 Å². The summed E-state index contributed by atoms with van der Waals surface area (Å²) in [4.78, 5) is 14.7. The summed E-state index contributed by atoms with van der Waals surface area (Å²) in [5.41, 5.74) is 0.967. The minimum absolute atomic E-state index is 0.160. The Morgan fingerprint density at radius 1 is 1.24 bits per heavy atom. The summed E-state index contributed by atoms with van der Waals surface area (Å²) in [5.74, 6) is 0.583. The zero-order valence-electron chi connectivity index (χ0n) is 14.4. The number of nitrogens with zero attached hydrogens (tertiary/aromatic N) is 3. The lowest BCUT2D eigenvalue weighted by Crippen LogP contribution is -2.53. The van der Waals surface area contributed by atoms with E-state index in [1.54, 1.807) is 6.20 Å². The van der Waals surface area contributed by atoms with Crippen LogP contribution in [-0.2, 0) is 10.8 Å². The molecule has 1 aromatic carbocycles. The van der Waals surface area contributed by atoms with Crippen molar-refractivity contribution in [1.29, 1.82) is 0 Å². The van der Waals surface area contributed by atoms with Crippen LogP contribution in [0, 0.1) is 0 Å². The van der Waals surface area contributed by atoms with Gasteiger partial charge in [-0.2, -0.15) is 9.78 Å². The topological polar surface area (TPSA) is 55.2 Å². The van der Waals surface area contributed by atoms with Crippen LogP contribution < -0.4 is 10.5 Å². The molecule has 134 valence electrons. The van der Waals surface area contributed by atoms with Gasteiger partial charge in [0, 0.05) is 29.6 Å². The van der Waals surface area contributed by atoms with Crippen LogP contribution in [0.25, 0.3) is 5.69 Å². The Labute approximate surface area is 155 Å². The van der Waals surface area contributed by atoms with Crippen LogP contribution in [0.5, 0.6) is 0 Å². The minimum Gasteiger partial charge on any atom is -0.366 e. The summed E-state index contributed by atoms with van der Waals surface area (Å²) in [6.07, 6.45) is 3.30. The molecule has 1 aliphatic rings. The van der Waals surface area contributed by atoms with Crippen molar-refractivity contribution in [2.24, 2.45) is 0 Å². The normalized spacial score (nSPS) is 19.8. The molecule has 3 rings (SSSR count). The molecule has 2 heterocycles. The van der Waals surface area contributed by atoms with E-state index in [9.17, 15) is 9.00 Å². The van der Waals surface area contributed by atoms with E-state index < -0.39 is 10.8 Å². The molecule has 1 aromatic heterocycles. The minimum atomic E-state index is -0.866. The second-order valence-electron chi connectivity index (χ2n) is 6.26. The fourth-order valence-electron chi connectivity index (χ4n) is 3.31. The molecular formula is C18H22ClN3O2S. The molecule has 2 aromatic rings. The number of hydrogen-bond acceptors (Lipinski definition) is 4. The SMILES string of the molecule is CCC1(CC)CN(c2cnn(-c3ccccc3)c(=O)c2Cl)CCS1=O. The van der Waals surface area contributed by atoms with Crippen molar-refractivity contribution < 1.29 is 4.21 Å². The van der Waals surface area contributed by atoms with Gasteiger partial charge in [0.2, 0.25) is 0 Å². The summed E-state index contributed by atoms with van der Waals surface area (Å²) in [7, 11) is -0.866. The predicted octanol–water partition coefficient (Wildman–Crippen LogP) is 3.01. The highest BCUT2D eigenvalue weighted by atomic mass is 35.5. The summed E-state index contributed by atoms with van der Waals surface area (Å²) in [6, 6.07) is 9.21. The van der Waals surface area contributed by atoms with Gasteiger partial charge in [0.1, 0.15) is 5.02 Å². The van der Waals surface area contributed by atoms with Gasteiger partial charge in [-0.05, 0) is 25.0 Å². The Balaban J connectivity index is 1.98. The Kier molecular flexibility index (Phi) is 5.29. The van der Waals surface area contributed by atoms with Crippen LogP contribution in [0.1, 0.15) is 26.7 Å². The van der Waals surface area contributed by atoms with E-state index in [0.717, 1.165) is 12.8 Å². The fraction of sp³-hybridized carbons (Fsp3) is 0.444. The third-order valence-corrected chi connectivity index (χ3v) is 7.62. The lowest BCUT2D eigenvalue weighted by Gasteiger charge is -2.42. The Bertz CT molecular complexity index is 834. The van der Waals surface area contributed by atoms with Crippen molar-refractivity contribution in [3.63, 3.8) is 0 Å². The van der Waals surface area contributed by atoms with Crippen molar-refractivity contribution >= 4 is 28.1 Å². The highest BCUT2D eigenvalue weighted by Gasteiger charge is 2.39. The summed E-state index contributed by atoms with van der Waals surface area (Å²) in [5, 5.41) is 4.46. The Morgan fingerprint density at radius 3 is 2.56 bits per heavy atom. The zero-order valence-corrected chi connectivity index (χ0v) is 16.0. The smallest absolute Gasteiger partial charge is 0.292 e. The van der Waals surface area contributed by atoms with E-state index in [1.165, 1.54) is 4.68 Å². The van der Waals surface area contributed by atoms with Crippen molar-refractivity contribution in [2.45, 2.75) is 31.4 Å². The number of para-hydroxylation sites is 1. The second kappa shape index (κ2) is 7.30. The van der Waals surface area contributed by atoms with Crippen molar-refractivity contribution in [1.82, 2.24) is 9.78 Å². The van der Waals surface area contributed by atoms with E-state index in [1.807, 2.05) is 30.3 Å². The molecule has 0 aliphatic carbocycles. The first kappa shape index (κ1) is 18.1. The van der Waals surface area contributed by atoms with Gasteiger partial charge in [-0.25, -0.2) is 0 Å². The molecular weight excluding hydrogens is 358 g/mol. The van der Waals surface area contributed by atoms with Gasteiger partial charge in [0.25, 0.3) is 5.56 Å². The molecule has 1 atom stereocenters. The third kappa shape index (κ3) is 3.25. The van der Waals surface area contributed by atoms with Gasteiger partial charge < -0.3 is 4.90 Å². The Morgan fingerprint density at radius 2 is 1.92 bits per heavy atom. The quantitative estimate of drug-likeness (QED) is 0.819. The van der Waals surface area contributed by atoms with Crippen LogP contribution in [0.3, 0.4) is 0 Å². The fourth-order valence-corrected chi connectivity index (χ4v) is 5.32. The zero-order chi connectivity index (χ0) is 18.0. The predicted molar refractivity (Wildman–Crippen MR) is 103 cm³/mol. The summed E-state index contributed by atoms with van der Waals surface area (Å²) < 4.78 is 13.6. The number of anilines is 1. The number of aromatic nitrogens is 2. The van der Waals surface area contributed by atoms with Gasteiger partial charge in [0.05, 0.1) is 22.3 Å². The number of rotatable bonds is 4. The summed E-state index contributed by atoms with van der Waals surface area (Å²) in [6.45, 7) is 5.38. The first-order valence-electron chi connectivity index (χ1n) is 8.49. The largest absolute Gasteiger partial charge is 0.366 e. The van der Waals surface area contributed by atoms with Gasteiger partial charge in [-0.15, -0.1) is 0 Å². The number of hydrogen-bond donors (Lipinski definition) is 0. The average molecular weight is 380 g/mol. The molecule has 0 spiro atoms. The molecule has 1 aliphatic heterocycles. The first-order valence-corrected chi connectivity index (χ1v) is 10.2. The maximum atomic E-state index is 12.7. The van der Waals surface area contributed by atoms with Crippen LogP contribution in [0.2, 0.25) is 5.02 Å². The summed E-state index contributed by atoms with van der Waals surface area (Å²) >= 11 is 6.41. The molecule has 5 nitrogen and oxygen atoms in total. The molecule has 1 unspecified atom stereocenters. The molecule has 0 radical (unpaired) electrons. The number of benzene rings is 1. The molecule has 0 saturated carbocycles. The monoisotopic (exact) mass is 379 g/mol. The van der Waals surface area contributed by atoms with Crippen LogP contribution in [0.15, 0.2) is 41.3 Å². The average Bonchev–Trinajstić information content (AvgIpc) is 2.65. The van der Waals surface area contributed by atoms with Gasteiger partial charge >= 0.3 is 0 Å². The highest BCUT2D eigenvalue weighted by molar-refractivity contribution is 7.86. The van der Waals surface area contributed by atoms with Crippen molar-refractivity contribution in [3.8, 4) is 5.69 Å². The van der Waals surface area contributed by atoms with Gasteiger partial charge in [-0.3, -0.25) is 9.00 Å². The molecule has 1 fully saturated rings. The lowest BCUT2D eigenvalue weighted by atomic mass is 10.0. The van der Waals surface area contributed by atoms with E-state index in [2.05, 4.69) is 23.8 Å². The van der Waals surface area contributed by atoms with Crippen molar-refractivity contribution in [3.05, 3.63) is 51.9 Å². The van der Waals surface area contributed by atoms with Crippen LogP contribution >= 0.6 is 11.6 Å². The highest BCUT2D eigenvalue weighted by Crippen LogP contribution is 2.33. The van der Waals surface area contributed by atoms with E-state index in [-0.39, 0.29) is 15.3 Å². The second-order valence-corrected chi connectivity index (χ2v) is 8.60. The maximum absolute atomic E-state index is 12.7. The van der Waals surface area contributed by atoms with Crippen molar-refractivity contribution in [2.75, 3.05) is 23.7 Å². The molecule has 0 N–H and O–H groups in total. The molecule has 7 heteroatoms. The number of halogens is 1. The van der Waals surface area contributed by atoms with E-state index in [0.29, 0.717) is 30.2 Å². The maximum Gasteiger partial charge on any atom is 0.292 e. The Hall–Kier alpha value is -1.66. The molecule has 0 amide bonds. The van der Waals surface area contributed by atoms with Crippen LogP contribution in [0.4, 0.5) is 5.69 Å². The first-order chi connectivity index (χ1) is 12.0. The van der Waals surface area contributed by atoms with E-state index >= 15 is 0 Å². The van der Waals surface area contributed by atoms with Crippen LogP contribution in [-0.4, -0.2) is 37.6 Å². The molecule has 25 heavy (non-hydrogen) atoms. The van der Waals surface area contributed by atoms with Gasteiger partial charge in [-0.1, -0.05) is 43.6 Å². The standard InChI is InChI=1S/C18H22ClN3O2S/c1-3-18(4-2)13-21(10-11-25(18)24)15-12-20-22(17(23)16(15)19)14-8-6-5-7-9-14/h5-9,12H,3-4,10-11,13H2,1-2H3. The lowest BCUT2D eigenvalue weighted by molar-refractivity contribution is 0.495. The third-order valence-electron chi connectivity index (χ3n) is 5.04. The molecule has 0 bridgehead atoms. The molecule has 1 saturated heterocycles. The van der Waals surface area contributed by atoms with E-state index in [4.69, 9.17) is 11.6 Å².